The van der Waals surface area contributed by atoms with Crippen molar-refractivity contribution >= 4 is 21.8 Å². The average Bonchev–Trinajstić information content (AvgIpc) is 2.85. The van der Waals surface area contributed by atoms with Crippen molar-refractivity contribution in [1.29, 1.82) is 0 Å². The topological polar surface area (TPSA) is 46.1 Å². The molecule has 1 aromatic carbocycles. The van der Waals surface area contributed by atoms with Crippen LogP contribution in [0.2, 0.25) is 0 Å². The van der Waals surface area contributed by atoms with E-state index >= 15 is 0 Å². The molecule has 4 nitrogen and oxygen atoms in total. The third-order valence-electron chi connectivity index (χ3n) is 4.67. The third-order valence-corrected chi connectivity index (χ3v) is 5.20. The Hall–Kier alpha value is -1.75. The van der Waals surface area contributed by atoms with Gasteiger partial charge in [-0.05, 0) is 30.5 Å². The van der Waals surface area contributed by atoms with E-state index in [-0.39, 0.29) is 11.9 Å². The molecule has 0 saturated carbocycles. The van der Waals surface area contributed by atoms with E-state index < -0.39 is 0 Å². The fraction of sp³-hybridized carbons (Fsp3) is 0.353. The maximum Gasteiger partial charge on any atom is 0.227 e. The van der Waals surface area contributed by atoms with Gasteiger partial charge in [0.2, 0.25) is 5.91 Å². The zero-order valence-corrected chi connectivity index (χ0v) is 13.7. The molecule has 3 heterocycles. The Kier molecular flexibility index (Phi) is 3.45. The van der Waals surface area contributed by atoms with Gasteiger partial charge >= 0.3 is 0 Å². The minimum Gasteiger partial charge on any atom is -0.332 e. The molecule has 2 aromatic rings. The van der Waals surface area contributed by atoms with Gasteiger partial charge in [0.25, 0.3) is 0 Å². The number of carbonyl (C=O) groups is 1. The van der Waals surface area contributed by atoms with Crippen LogP contribution in [0.15, 0.2) is 41.3 Å². The van der Waals surface area contributed by atoms with Gasteiger partial charge in [-0.15, -0.1) is 0 Å². The van der Waals surface area contributed by atoms with E-state index in [1.807, 2.05) is 30.5 Å². The standard InChI is InChI=1S/C17H16BrN3O/c18-12-3-1-11(2-4-12)7-17(22)21-13-5-6-16(21)14-9-19-10-20-15(14)8-13/h1-4,9-10,13,16H,5-8H2. The Bertz CT molecular complexity index is 716. The van der Waals surface area contributed by atoms with Crippen LogP contribution in [-0.2, 0) is 17.6 Å². The lowest BCUT2D eigenvalue weighted by atomic mass is 9.98. The van der Waals surface area contributed by atoms with E-state index in [0.717, 1.165) is 40.6 Å². The van der Waals surface area contributed by atoms with Gasteiger partial charge in [0, 0.05) is 28.7 Å². The Labute approximate surface area is 137 Å². The molecule has 2 bridgehead atoms. The van der Waals surface area contributed by atoms with Crippen LogP contribution in [0.1, 0.15) is 35.7 Å². The van der Waals surface area contributed by atoms with E-state index in [1.165, 1.54) is 0 Å². The largest absolute Gasteiger partial charge is 0.332 e. The Morgan fingerprint density at radius 2 is 2.09 bits per heavy atom. The van der Waals surface area contributed by atoms with Crippen LogP contribution < -0.4 is 0 Å². The van der Waals surface area contributed by atoms with E-state index in [2.05, 4.69) is 30.8 Å². The lowest BCUT2D eigenvalue weighted by Gasteiger charge is -2.35. The highest BCUT2D eigenvalue weighted by Crippen LogP contribution is 2.42. The van der Waals surface area contributed by atoms with Crippen LogP contribution in [0, 0.1) is 0 Å². The number of nitrogens with zero attached hydrogens (tertiary/aromatic N) is 3. The number of aromatic nitrogens is 2. The van der Waals surface area contributed by atoms with Crippen molar-refractivity contribution in [2.75, 3.05) is 0 Å². The summed E-state index contributed by atoms with van der Waals surface area (Å²) in [6.07, 6.45) is 6.90. The second-order valence-electron chi connectivity index (χ2n) is 5.98. The van der Waals surface area contributed by atoms with Gasteiger partial charge in [0.05, 0.1) is 18.2 Å². The Morgan fingerprint density at radius 1 is 1.27 bits per heavy atom. The van der Waals surface area contributed by atoms with Crippen molar-refractivity contribution < 1.29 is 4.79 Å². The molecule has 2 unspecified atom stereocenters. The summed E-state index contributed by atoms with van der Waals surface area (Å²) in [5.74, 6) is 0.212. The highest BCUT2D eigenvalue weighted by atomic mass is 79.9. The van der Waals surface area contributed by atoms with Gasteiger partial charge in [-0.2, -0.15) is 0 Å². The van der Waals surface area contributed by atoms with Gasteiger partial charge in [-0.1, -0.05) is 28.1 Å². The van der Waals surface area contributed by atoms with Gasteiger partial charge < -0.3 is 4.90 Å². The number of hydrogen-bond donors (Lipinski definition) is 0. The zero-order chi connectivity index (χ0) is 15.1. The summed E-state index contributed by atoms with van der Waals surface area (Å²) in [6, 6.07) is 8.44. The smallest absolute Gasteiger partial charge is 0.227 e. The van der Waals surface area contributed by atoms with Crippen LogP contribution in [0.3, 0.4) is 0 Å². The molecule has 22 heavy (non-hydrogen) atoms. The summed E-state index contributed by atoms with van der Waals surface area (Å²) < 4.78 is 1.04. The first-order valence-corrected chi connectivity index (χ1v) is 8.36. The highest BCUT2D eigenvalue weighted by Gasteiger charge is 2.42. The Balaban J connectivity index is 1.58. The highest BCUT2D eigenvalue weighted by molar-refractivity contribution is 9.10. The molecule has 2 aliphatic heterocycles. The number of amides is 1. The Morgan fingerprint density at radius 3 is 2.91 bits per heavy atom. The molecule has 1 saturated heterocycles. The first-order chi connectivity index (χ1) is 10.7. The summed E-state index contributed by atoms with van der Waals surface area (Å²) in [5.41, 5.74) is 3.32. The first-order valence-electron chi connectivity index (χ1n) is 7.57. The first kappa shape index (κ1) is 13.9. The summed E-state index contributed by atoms with van der Waals surface area (Å²) >= 11 is 3.43. The summed E-state index contributed by atoms with van der Waals surface area (Å²) in [6.45, 7) is 0. The van der Waals surface area contributed by atoms with Gasteiger partial charge in [-0.3, -0.25) is 4.79 Å². The maximum atomic E-state index is 12.8. The molecule has 0 radical (unpaired) electrons. The lowest BCUT2D eigenvalue weighted by molar-refractivity contribution is -0.134. The molecule has 0 aliphatic carbocycles. The summed E-state index contributed by atoms with van der Waals surface area (Å²) in [5, 5.41) is 0. The van der Waals surface area contributed by atoms with Crippen molar-refractivity contribution in [2.45, 2.75) is 37.8 Å². The summed E-state index contributed by atoms with van der Waals surface area (Å²) in [4.78, 5) is 23.4. The second kappa shape index (κ2) is 5.47. The molecule has 2 atom stereocenters. The number of halogens is 1. The maximum absolute atomic E-state index is 12.8. The minimum absolute atomic E-state index is 0.165. The van der Waals surface area contributed by atoms with E-state index in [1.54, 1.807) is 6.33 Å². The molecule has 1 aromatic heterocycles. The van der Waals surface area contributed by atoms with Crippen LogP contribution in [-0.4, -0.2) is 26.8 Å². The molecule has 0 N–H and O–H groups in total. The van der Waals surface area contributed by atoms with Crippen LogP contribution in [0.5, 0.6) is 0 Å². The van der Waals surface area contributed by atoms with Crippen LogP contribution >= 0.6 is 15.9 Å². The van der Waals surface area contributed by atoms with Crippen molar-refractivity contribution in [3.8, 4) is 0 Å². The second-order valence-corrected chi connectivity index (χ2v) is 6.90. The van der Waals surface area contributed by atoms with Crippen molar-refractivity contribution in [3.05, 3.63) is 58.1 Å². The SMILES string of the molecule is O=C(Cc1ccc(Br)cc1)N1C2CCC1c1cncnc1C2. The number of hydrogen-bond acceptors (Lipinski definition) is 3. The zero-order valence-electron chi connectivity index (χ0n) is 12.1. The monoisotopic (exact) mass is 357 g/mol. The van der Waals surface area contributed by atoms with E-state index in [0.29, 0.717) is 12.5 Å². The fourth-order valence-corrected chi connectivity index (χ4v) is 3.94. The minimum atomic E-state index is 0.165. The van der Waals surface area contributed by atoms with Gasteiger partial charge in [0.15, 0.2) is 0 Å². The van der Waals surface area contributed by atoms with Crippen molar-refractivity contribution in [3.63, 3.8) is 0 Å². The van der Waals surface area contributed by atoms with Gasteiger partial charge in [0.1, 0.15) is 6.33 Å². The van der Waals surface area contributed by atoms with Crippen LogP contribution in [0.4, 0.5) is 0 Å². The molecule has 4 rings (SSSR count). The van der Waals surface area contributed by atoms with Crippen molar-refractivity contribution in [1.82, 2.24) is 14.9 Å². The fourth-order valence-electron chi connectivity index (χ4n) is 3.67. The number of benzene rings is 1. The van der Waals surface area contributed by atoms with E-state index in [4.69, 9.17) is 0 Å². The molecule has 0 spiro atoms. The summed E-state index contributed by atoms with van der Waals surface area (Å²) in [7, 11) is 0. The van der Waals surface area contributed by atoms with Crippen molar-refractivity contribution in [2.24, 2.45) is 0 Å². The molecular formula is C17H16BrN3O. The molecule has 1 amide bonds. The van der Waals surface area contributed by atoms with E-state index in [9.17, 15) is 4.79 Å². The van der Waals surface area contributed by atoms with Crippen LogP contribution in [0.25, 0.3) is 0 Å². The van der Waals surface area contributed by atoms with Gasteiger partial charge in [-0.25, -0.2) is 9.97 Å². The molecule has 112 valence electrons. The molecular weight excluding hydrogens is 342 g/mol. The molecule has 1 fully saturated rings. The predicted octanol–water partition coefficient (Wildman–Crippen LogP) is 3.07. The predicted molar refractivity (Wildman–Crippen MR) is 86.2 cm³/mol. The lowest BCUT2D eigenvalue weighted by Crippen LogP contribution is -2.43. The molecule has 2 aliphatic rings. The number of carbonyl (C=O) groups excluding carboxylic acids is 1. The molecule has 5 heteroatoms. The quantitative estimate of drug-likeness (QED) is 0.829. The average molecular weight is 358 g/mol. The normalized spacial score (nSPS) is 22.5. The number of fused-ring (bicyclic) bond motifs is 4. The number of rotatable bonds is 2. The third kappa shape index (κ3) is 2.33.